The molecule has 0 aliphatic carbocycles. The molecule has 0 aliphatic rings. The molecule has 0 aliphatic heterocycles. The number of carbonyl (C=O) groups excluding carboxylic acids is 1. The van der Waals surface area contributed by atoms with Crippen molar-refractivity contribution >= 4 is 5.78 Å². The Balaban J connectivity index is 2.31. The van der Waals surface area contributed by atoms with Crippen molar-refractivity contribution in [3.63, 3.8) is 0 Å². The molecule has 0 aromatic heterocycles. The summed E-state index contributed by atoms with van der Waals surface area (Å²) in [5.41, 5.74) is 3.06. The Morgan fingerprint density at radius 1 is 1.24 bits per heavy atom. The summed E-state index contributed by atoms with van der Waals surface area (Å²) >= 11 is 0. The van der Waals surface area contributed by atoms with Gasteiger partial charge < -0.3 is 10.1 Å². The van der Waals surface area contributed by atoms with Gasteiger partial charge in [0.1, 0.15) is 0 Å². The summed E-state index contributed by atoms with van der Waals surface area (Å²) in [4.78, 5) is 12.4. The number of hydrogen-bond acceptors (Lipinski definition) is 3. The highest BCUT2D eigenvalue weighted by atomic mass is 16.5. The third-order valence-electron chi connectivity index (χ3n) is 3.60. The summed E-state index contributed by atoms with van der Waals surface area (Å²) in [6.07, 6.45) is 3.23. The molecule has 1 unspecified atom stereocenters. The van der Waals surface area contributed by atoms with Crippen molar-refractivity contribution in [1.82, 2.24) is 5.32 Å². The Labute approximate surface area is 129 Å². The largest absolute Gasteiger partial charge is 0.381 e. The van der Waals surface area contributed by atoms with E-state index in [9.17, 15) is 4.79 Å². The van der Waals surface area contributed by atoms with Crippen LogP contribution in [0.3, 0.4) is 0 Å². The van der Waals surface area contributed by atoms with Crippen LogP contribution in [0.25, 0.3) is 0 Å². The molecule has 3 heteroatoms. The van der Waals surface area contributed by atoms with Gasteiger partial charge in [-0.1, -0.05) is 37.1 Å². The molecule has 1 atom stereocenters. The maximum Gasteiger partial charge on any atom is 0.179 e. The van der Waals surface area contributed by atoms with Crippen LogP contribution < -0.4 is 5.32 Å². The first-order valence-corrected chi connectivity index (χ1v) is 7.98. The number of unbranched alkanes of at least 4 members (excludes halogenated alkanes) is 1. The van der Waals surface area contributed by atoms with E-state index < -0.39 is 0 Å². The molecule has 0 saturated heterocycles. The van der Waals surface area contributed by atoms with Crippen molar-refractivity contribution in [1.29, 1.82) is 0 Å². The number of aryl methyl sites for hydroxylation is 2. The topological polar surface area (TPSA) is 38.3 Å². The molecule has 1 aromatic carbocycles. The number of hydrogen-bond donors (Lipinski definition) is 1. The third-order valence-corrected chi connectivity index (χ3v) is 3.60. The van der Waals surface area contributed by atoms with E-state index in [-0.39, 0.29) is 11.8 Å². The monoisotopic (exact) mass is 291 g/mol. The second-order valence-corrected chi connectivity index (χ2v) is 5.68. The zero-order chi connectivity index (χ0) is 15.7. The minimum absolute atomic E-state index is 0.151. The van der Waals surface area contributed by atoms with Gasteiger partial charge in [0.2, 0.25) is 0 Å². The first-order chi connectivity index (χ1) is 10.1. The van der Waals surface area contributed by atoms with Crippen LogP contribution in [0.2, 0.25) is 0 Å². The molecular formula is C18H29NO2. The van der Waals surface area contributed by atoms with E-state index in [1.807, 2.05) is 32.9 Å². The lowest BCUT2D eigenvalue weighted by Gasteiger charge is -2.14. The Morgan fingerprint density at radius 2 is 1.95 bits per heavy atom. The van der Waals surface area contributed by atoms with E-state index in [1.165, 1.54) is 12.0 Å². The maximum atomic E-state index is 12.4. The molecule has 0 spiro atoms. The van der Waals surface area contributed by atoms with Crippen LogP contribution in [0.15, 0.2) is 18.2 Å². The van der Waals surface area contributed by atoms with E-state index in [1.54, 1.807) is 0 Å². The fourth-order valence-electron chi connectivity index (χ4n) is 2.26. The lowest BCUT2D eigenvalue weighted by molar-refractivity contribution is 0.0944. The van der Waals surface area contributed by atoms with E-state index in [2.05, 4.69) is 18.3 Å². The molecule has 0 bridgehead atoms. The minimum Gasteiger partial charge on any atom is -0.381 e. The first-order valence-electron chi connectivity index (χ1n) is 7.98. The van der Waals surface area contributed by atoms with Crippen LogP contribution in [0.4, 0.5) is 0 Å². The first kappa shape index (κ1) is 17.9. The van der Waals surface area contributed by atoms with Crippen molar-refractivity contribution in [2.45, 2.75) is 53.0 Å². The average Bonchev–Trinajstić information content (AvgIpc) is 2.45. The van der Waals surface area contributed by atoms with Crippen molar-refractivity contribution < 1.29 is 9.53 Å². The third kappa shape index (κ3) is 6.40. The predicted octanol–water partition coefficient (Wildman–Crippen LogP) is 3.67. The Kier molecular flexibility index (Phi) is 8.24. The fraction of sp³-hybridized carbons (Fsp3) is 0.611. The van der Waals surface area contributed by atoms with Gasteiger partial charge in [-0.3, -0.25) is 4.79 Å². The number of Topliss-reactive ketones (excluding diaryl/α,β-unsaturated/α-hetero) is 1. The van der Waals surface area contributed by atoms with E-state index >= 15 is 0 Å². The molecule has 1 aromatic rings. The molecule has 1 N–H and O–H groups in total. The number of ketones is 1. The van der Waals surface area contributed by atoms with Crippen molar-refractivity contribution in [3.05, 3.63) is 34.9 Å². The second kappa shape index (κ2) is 9.69. The zero-order valence-electron chi connectivity index (χ0n) is 13.9. The Bertz CT molecular complexity index is 443. The second-order valence-electron chi connectivity index (χ2n) is 5.68. The van der Waals surface area contributed by atoms with Crippen LogP contribution in [0.5, 0.6) is 0 Å². The Morgan fingerprint density at radius 3 is 2.62 bits per heavy atom. The van der Waals surface area contributed by atoms with Gasteiger partial charge in [0, 0.05) is 18.8 Å². The normalized spacial score (nSPS) is 12.4. The van der Waals surface area contributed by atoms with Crippen LogP contribution >= 0.6 is 0 Å². The summed E-state index contributed by atoms with van der Waals surface area (Å²) in [5, 5.41) is 3.28. The van der Waals surface area contributed by atoms with Crippen molar-refractivity contribution in [2.75, 3.05) is 19.8 Å². The summed E-state index contributed by atoms with van der Waals surface area (Å²) in [6, 6.07) is 5.83. The van der Waals surface area contributed by atoms with Gasteiger partial charge in [-0.05, 0) is 45.7 Å². The molecular weight excluding hydrogens is 262 g/mol. The quantitative estimate of drug-likeness (QED) is 0.528. The number of carbonyl (C=O) groups is 1. The maximum absolute atomic E-state index is 12.4. The molecule has 1 rings (SSSR count). The summed E-state index contributed by atoms with van der Waals surface area (Å²) in [5.74, 6) is 0.166. The fourth-order valence-corrected chi connectivity index (χ4v) is 2.26. The number of benzene rings is 1. The van der Waals surface area contributed by atoms with Gasteiger partial charge >= 0.3 is 0 Å². The van der Waals surface area contributed by atoms with Crippen LogP contribution in [0.1, 0.15) is 54.6 Å². The highest BCUT2D eigenvalue weighted by Crippen LogP contribution is 2.12. The summed E-state index contributed by atoms with van der Waals surface area (Å²) in [6.45, 7) is 10.5. The standard InChI is InChI=1S/C18H29NO2/c1-5-6-11-21-12-7-10-19-16(4)18(20)17-9-8-14(2)13-15(17)3/h8-9,13,16,19H,5-7,10-12H2,1-4H3. The van der Waals surface area contributed by atoms with E-state index in [0.29, 0.717) is 0 Å². The van der Waals surface area contributed by atoms with Gasteiger partial charge in [-0.2, -0.15) is 0 Å². The summed E-state index contributed by atoms with van der Waals surface area (Å²) in [7, 11) is 0. The molecule has 0 saturated carbocycles. The zero-order valence-corrected chi connectivity index (χ0v) is 13.9. The van der Waals surface area contributed by atoms with Gasteiger partial charge in [0.15, 0.2) is 5.78 Å². The van der Waals surface area contributed by atoms with Gasteiger partial charge in [0.25, 0.3) is 0 Å². The molecule has 21 heavy (non-hydrogen) atoms. The number of nitrogens with one attached hydrogen (secondary N) is 1. The minimum atomic E-state index is -0.151. The molecule has 0 radical (unpaired) electrons. The summed E-state index contributed by atoms with van der Waals surface area (Å²) < 4.78 is 5.51. The van der Waals surface area contributed by atoms with Crippen molar-refractivity contribution in [3.8, 4) is 0 Å². The van der Waals surface area contributed by atoms with Crippen LogP contribution in [-0.4, -0.2) is 31.6 Å². The van der Waals surface area contributed by atoms with E-state index in [4.69, 9.17) is 4.74 Å². The number of rotatable bonds is 10. The van der Waals surface area contributed by atoms with Crippen LogP contribution in [-0.2, 0) is 4.74 Å². The highest BCUT2D eigenvalue weighted by molar-refractivity contribution is 6.01. The van der Waals surface area contributed by atoms with Gasteiger partial charge in [-0.25, -0.2) is 0 Å². The Hall–Kier alpha value is -1.19. The molecule has 118 valence electrons. The molecule has 0 heterocycles. The van der Waals surface area contributed by atoms with E-state index in [0.717, 1.165) is 43.7 Å². The smallest absolute Gasteiger partial charge is 0.179 e. The molecule has 0 fully saturated rings. The molecule has 3 nitrogen and oxygen atoms in total. The number of ether oxygens (including phenoxy) is 1. The lowest BCUT2D eigenvalue weighted by atomic mass is 9.98. The van der Waals surface area contributed by atoms with Crippen molar-refractivity contribution in [2.24, 2.45) is 0 Å². The highest BCUT2D eigenvalue weighted by Gasteiger charge is 2.16. The SMILES string of the molecule is CCCCOCCCNC(C)C(=O)c1ccc(C)cc1C. The predicted molar refractivity (Wildman–Crippen MR) is 88.1 cm³/mol. The lowest BCUT2D eigenvalue weighted by Crippen LogP contribution is -2.35. The average molecular weight is 291 g/mol. The van der Waals surface area contributed by atoms with Gasteiger partial charge in [0.05, 0.1) is 6.04 Å². The molecule has 0 amide bonds. The van der Waals surface area contributed by atoms with Gasteiger partial charge in [-0.15, -0.1) is 0 Å². The van der Waals surface area contributed by atoms with Crippen LogP contribution in [0, 0.1) is 13.8 Å².